The second-order valence-electron chi connectivity index (χ2n) is 13.0. The topological polar surface area (TPSA) is 60.7 Å². The molecule has 3 nitrogen and oxygen atoms in total. The third-order valence-corrected chi connectivity index (χ3v) is 7.03. The van der Waals surface area contributed by atoms with Crippen LogP contribution in [0.1, 0.15) is 152 Å². The molecule has 0 bridgehead atoms. The molecule has 0 heterocycles. The fraction of sp³-hybridized carbons (Fsp3) is 0.526. The van der Waals surface area contributed by atoms with Crippen molar-refractivity contribution in [3.63, 3.8) is 0 Å². The van der Waals surface area contributed by atoms with E-state index in [9.17, 15) is 15.3 Å². The molecule has 0 spiro atoms. The summed E-state index contributed by atoms with van der Waals surface area (Å²) in [5.41, 5.74) is 6.28. The van der Waals surface area contributed by atoms with Crippen LogP contribution in [0.4, 0.5) is 0 Å². The van der Waals surface area contributed by atoms with E-state index in [-0.39, 0.29) is 0 Å². The van der Waals surface area contributed by atoms with Crippen molar-refractivity contribution in [2.24, 2.45) is 0 Å². The molecule has 0 fully saturated rings. The summed E-state index contributed by atoms with van der Waals surface area (Å²) in [4.78, 5) is 0. The van der Waals surface area contributed by atoms with Gasteiger partial charge in [-0.2, -0.15) is 0 Å². The molecule has 0 aliphatic carbocycles. The second-order valence-corrected chi connectivity index (χ2v) is 14.4. The van der Waals surface area contributed by atoms with Gasteiger partial charge >= 0.3 is 0 Å². The third-order valence-electron chi connectivity index (χ3n) is 7.03. The van der Waals surface area contributed by atoms with Crippen LogP contribution in [0, 0.1) is 0 Å². The number of hydrogen-bond donors (Lipinski definition) is 3. The van der Waals surface area contributed by atoms with Crippen molar-refractivity contribution >= 4 is 15.2 Å². The largest absolute Gasteiger partial charge is 0.507 e. The number of aromatic hydroxyl groups is 3. The van der Waals surface area contributed by atoms with E-state index in [0.29, 0.717) is 68.0 Å². The molecule has 0 aromatic heterocycles. The first-order valence-corrected chi connectivity index (χ1v) is 18.8. The standard InChI is InChI=1S/3C12H18O.2CH3.Al.H/c3*1-8(2)10-6-5-7-11(9(3)4)12(10)13;;;;/h3*5-9,13H,1-4H3;2*1H3;;. The van der Waals surface area contributed by atoms with E-state index in [1.54, 1.807) is 0 Å². The first kappa shape index (κ1) is 39.6. The average molecular weight is 593 g/mol. The number of phenolic OH excluding ortho intramolecular Hbond substituents is 3. The van der Waals surface area contributed by atoms with E-state index in [1.165, 1.54) is 0 Å². The molecule has 0 unspecified atom stereocenters. The minimum atomic E-state index is 0.388. The van der Waals surface area contributed by atoms with Crippen molar-refractivity contribution < 1.29 is 15.3 Å². The van der Waals surface area contributed by atoms with Gasteiger partial charge in [0.05, 0.1) is 0 Å². The first-order chi connectivity index (χ1) is 19.5. The fourth-order valence-electron chi connectivity index (χ4n) is 4.54. The van der Waals surface area contributed by atoms with Crippen LogP contribution in [0.15, 0.2) is 54.6 Å². The van der Waals surface area contributed by atoms with Crippen LogP contribution >= 0.6 is 0 Å². The number of para-hydroxylation sites is 3. The van der Waals surface area contributed by atoms with Crippen LogP contribution in [0.25, 0.3) is 0 Å². The molecule has 3 aromatic carbocycles. The van der Waals surface area contributed by atoms with Crippen LogP contribution in [-0.4, -0.2) is 30.5 Å². The van der Waals surface area contributed by atoms with Gasteiger partial charge in [0.25, 0.3) is 0 Å². The molecule has 4 heteroatoms. The maximum Gasteiger partial charge on any atom is 0.229 e. The van der Waals surface area contributed by atoms with Gasteiger partial charge < -0.3 is 15.3 Å². The van der Waals surface area contributed by atoms with Crippen molar-refractivity contribution in [2.75, 3.05) is 0 Å². The molecule has 234 valence electrons. The normalized spacial score (nSPS) is 10.8. The zero-order chi connectivity index (χ0) is 32.7. The Bertz CT molecular complexity index is 952. The van der Waals surface area contributed by atoms with Crippen molar-refractivity contribution in [1.29, 1.82) is 0 Å². The van der Waals surface area contributed by atoms with Crippen LogP contribution in [0.2, 0.25) is 11.6 Å². The van der Waals surface area contributed by atoms with E-state index in [1.807, 2.05) is 54.6 Å². The summed E-state index contributed by atoms with van der Waals surface area (Å²) < 4.78 is 0. The van der Waals surface area contributed by atoms with E-state index in [4.69, 9.17) is 0 Å². The quantitative estimate of drug-likeness (QED) is 0.250. The predicted octanol–water partition coefficient (Wildman–Crippen LogP) is 11.4. The molecule has 3 rings (SSSR count). The van der Waals surface area contributed by atoms with E-state index < -0.39 is 0 Å². The number of hydrogen-bond acceptors (Lipinski definition) is 3. The molecule has 3 N–H and O–H groups in total. The van der Waals surface area contributed by atoms with E-state index in [2.05, 4.69) is 94.7 Å². The van der Waals surface area contributed by atoms with Crippen molar-refractivity contribution in [2.45, 2.75) is 130 Å². The lowest BCUT2D eigenvalue weighted by Crippen LogP contribution is -1.94. The molecule has 0 aliphatic rings. The van der Waals surface area contributed by atoms with Gasteiger partial charge in [-0.1, -0.05) is 138 Å². The van der Waals surface area contributed by atoms with Crippen molar-refractivity contribution in [3.05, 3.63) is 88.0 Å². The highest BCUT2D eigenvalue weighted by molar-refractivity contribution is 6.31. The van der Waals surface area contributed by atoms with Crippen LogP contribution in [-0.2, 0) is 0 Å². The van der Waals surface area contributed by atoms with Gasteiger partial charge in [-0.05, 0) is 68.9 Å². The van der Waals surface area contributed by atoms with Crippen LogP contribution in [0.3, 0.4) is 0 Å². The summed E-state index contributed by atoms with van der Waals surface area (Å²) in [5.74, 6) is 8.29. The first-order valence-electron chi connectivity index (χ1n) is 16.0. The van der Waals surface area contributed by atoms with Gasteiger partial charge in [-0.3, -0.25) is 0 Å². The van der Waals surface area contributed by atoms with E-state index in [0.717, 1.165) is 33.4 Å². The average Bonchev–Trinajstić information content (AvgIpc) is 2.89. The lowest BCUT2D eigenvalue weighted by molar-refractivity contribution is 0.454. The Balaban J connectivity index is 0.000000572. The zero-order valence-corrected chi connectivity index (χ0v) is 30.6. The van der Waals surface area contributed by atoms with E-state index >= 15 is 0 Å². The highest BCUT2D eigenvalue weighted by Gasteiger charge is 2.13. The summed E-state index contributed by atoms with van der Waals surface area (Å²) >= 11 is 0.417. The SMILES string of the molecule is CC(C)c1cccc(C(C)C)c1O.CC(C)c1cccc(C(C)C)c1O.CC(C)c1cccc(C(C)C)c1O.[CH3][AlH][CH3]. The minimum Gasteiger partial charge on any atom is -0.507 e. The third kappa shape index (κ3) is 12.4. The second kappa shape index (κ2) is 19.7. The summed E-state index contributed by atoms with van der Waals surface area (Å²) in [6, 6.07) is 18.0. The molecular weight excluding hydrogens is 531 g/mol. The molecule has 0 radical (unpaired) electrons. The summed E-state index contributed by atoms with van der Waals surface area (Å²) in [5, 5.41) is 29.8. The van der Waals surface area contributed by atoms with Gasteiger partial charge in [0.15, 0.2) is 0 Å². The lowest BCUT2D eigenvalue weighted by atomic mass is 9.94. The molecule has 3 aromatic rings. The predicted molar refractivity (Wildman–Crippen MR) is 188 cm³/mol. The molecule has 0 amide bonds. The number of rotatable bonds is 6. The maximum atomic E-state index is 9.93. The molecule has 0 aliphatic heterocycles. The van der Waals surface area contributed by atoms with Gasteiger partial charge in [0, 0.05) is 0 Å². The Hall–Kier alpha value is -2.41. The molecule has 0 atom stereocenters. The Morgan fingerprint density at radius 2 is 0.476 bits per heavy atom. The van der Waals surface area contributed by atoms with Gasteiger partial charge in [-0.25, -0.2) is 0 Å². The van der Waals surface area contributed by atoms with Gasteiger partial charge in [-0.15, -0.1) is 11.6 Å². The highest BCUT2D eigenvalue weighted by Crippen LogP contribution is 2.34. The summed E-state index contributed by atoms with van der Waals surface area (Å²) in [6.07, 6.45) is 0. The molecule has 0 saturated heterocycles. The van der Waals surface area contributed by atoms with Crippen molar-refractivity contribution in [1.82, 2.24) is 0 Å². The zero-order valence-electron chi connectivity index (χ0n) is 29.2. The van der Waals surface area contributed by atoms with Crippen LogP contribution in [0.5, 0.6) is 17.2 Å². The Morgan fingerprint density at radius 1 is 0.357 bits per heavy atom. The van der Waals surface area contributed by atoms with Gasteiger partial charge in [0.1, 0.15) is 17.2 Å². The summed E-state index contributed by atoms with van der Waals surface area (Å²) in [6.45, 7) is 25.2. The number of benzene rings is 3. The summed E-state index contributed by atoms with van der Waals surface area (Å²) in [7, 11) is 0. The number of phenols is 3. The minimum absolute atomic E-state index is 0.388. The maximum absolute atomic E-state index is 9.93. The van der Waals surface area contributed by atoms with Gasteiger partial charge in [0.2, 0.25) is 15.2 Å². The molecular formula is C38H61AlO3. The Morgan fingerprint density at radius 3 is 0.571 bits per heavy atom. The lowest BCUT2D eigenvalue weighted by Gasteiger charge is -2.14. The highest BCUT2D eigenvalue weighted by atomic mass is 27.1. The monoisotopic (exact) mass is 592 g/mol. The Labute approximate surface area is 265 Å². The molecule has 42 heavy (non-hydrogen) atoms. The molecule has 0 saturated carbocycles. The fourth-order valence-corrected chi connectivity index (χ4v) is 4.54. The Kier molecular flexibility index (Phi) is 18.6. The van der Waals surface area contributed by atoms with Crippen molar-refractivity contribution in [3.8, 4) is 17.2 Å². The smallest absolute Gasteiger partial charge is 0.229 e. The van der Waals surface area contributed by atoms with Crippen LogP contribution < -0.4 is 0 Å².